The standard InChI is InChI=1S/C12H11ClN4O2/c1-6(18)14-11-12(15-7(2)19)17-10-5-8(13)3-4-9(10)16-11/h3-5H,1-2H3,(H,14,16,18)(H,15,17,19). The van der Waals surface area contributed by atoms with Gasteiger partial charge in [0, 0.05) is 18.9 Å². The first kappa shape index (κ1) is 13.2. The number of amides is 2. The number of halogens is 1. The van der Waals surface area contributed by atoms with E-state index >= 15 is 0 Å². The molecule has 0 spiro atoms. The highest BCUT2D eigenvalue weighted by Gasteiger charge is 2.11. The third-order valence-corrected chi connectivity index (χ3v) is 2.45. The Morgan fingerprint density at radius 3 is 2.05 bits per heavy atom. The van der Waals surface area contributed by atoms with Gasteiger partial charge < -0.3 is 10.6 Å². The van der Waals surface area contributed by atoms with Gasteiger partial charge in [0.15, 0.2) is 11.6 Å². The highest BCUT2D eigenvalue weighted by molar-refractivity contribution is 6.31. The van der Waals surface area contributed by atoms with Gasteiger partial charge in [0.2, 0.25) is 11.8 Å². The molecule has 1 heterocycles. The molecule has 1 aromatic heterocycles. The molecule has 0 saturated carbocycles. The fourth-order valence-corrected chi connectivity index (χ4v) is 1.70. The van der Waals surface area contributed by atoms with Crippen LogP contribution in [0, 0.1) is 0 Å². The van der Waals surface area contributed by atoms with Crippen molar-refractivity contribution in [3.8, 4) is 0 Å². The number of aromatic nitrogens is 2. The molecule has 0 aliphatic heterocycles. The third kappa shape index (κ3) is 3.17. The summed E-state index contributed by atoms with van der Waals surface area (Å²) in [6, 6.07) is 4.99. The topological polar surface area (TPSA) is 84.0 Å². The van der Waals surface area contributed by atoms with E-state index in [1.54, 1.807) is 18.2 Å². The van der Waals surface area contributed by atoms with Crippen LogP contribution >= 0.6 is 11.6 Å². The lowest BCUT2D eigenvalue weighted by atomic mass is 10.3. The second-order valence-corrected chi connectivity index (χ2v) is 4.35. The normalized spacial score (nSPS) is 10.3. The summed E-state index contributed by atoms with van der Waals surface area (Å²) in [7, 11) is 0. The fraction of sp³-hybridized carbons (Fsp3) is 0.167. The molecule has 0 bridgehead atoms. The van der Waals surface area contributed by atoms with Crippen molar-refractivity contribution in [2.24, 2.45) is 0 Å². The summed E-state index contributed by atoms with van der Waals surface area (Å²) in [4.78, 5) is 30.7. The molecule has 0 aliphatic rings. The van der Waals surface area contributed by atoms with Crippen LogP contribution in [0.5, 0.6) is 0 Å². The number of benzene rings is 1. The Kier molecular flexibility index (Phi) is 3.62. The molecule has 0 unspecified atom stereocenters. The summed E-state index contributed by atoms with van der Waals surface area (Å²) in [6.07, 6.45) is 0. The summed E-state index contributed by atoms with van der Waals surface area (Å²) < 4.78 is 0. The van der Waals surface area contributed by atoms with Crippen molar-refractivity contribution in [3.05, 3.63) is 23.2 Å². The van der Waals surface area contributed by atoms with Crippen molar-refractivity contribution in [2.45, 2.75) is 13.8 Å². The van der Waals surface area contributed by atoms with E-state index in [4.69, 9.17) is 11.6 Å². The number of rotatable bonds is 2. The average Bonchev–Trinajstić information content (AvgIpc) is 2.28. The number of nitrogens with zero attached hydrogens (tertiary/aromatic N) is 2. The lowest BCUT2D eigenvalue weighted by Gasteiger charge is -2.10. The summed E-state index contributed by atoms with van der Waals surface area (Å²) >= 11 is 5.88. The first-order chi connectivity index (χ1) is 8.95. The van der Waals surface area contributed by atoms with E-state index in [2.05, 4.69) is 20.6 Å². The molecule has 0 atom stereocenters. The molecule has 6 nitrogen and oxygen atoms in total. The largest absolute Gasteiger partial charge is 0.308 e. The molecule has 19 heavy (non-hydrogen) atoms. The molecule has 2 N–H and O–H groups in total. The van der Waals surface area contributed by atoms with E-state index in [9.17, 15) is 9.59 Å². The minimum absolute atomic E-state index is 0.192. The van der Waals surface area contributed by atoms with Crippen LogP contribution in [0.4, 0.5) is 11.6 Å². The monoisotopic (exact) mass is 278 g/mol. The zero-order chi connectivity index (χ0) is 14.0. The Balaban J connectivity index is 2.58. The summed E-state index contributed by atoms with van der Waals surface area (Å²) in [6.45, 7) is 2.70. The van der Waals surface area contributed by atoms with Gasteiger partial charge in [-0.1, -0.05) is 11.6 Å². The van der Waals surface area contributed by atoms with Crippen LogP contribution in [0.15, 0.2) is 18.2 Å². The number of hydrogen-bond acceptors (Lipinski definition) is 4. The van der Waals surface area contributed by atoms with Crippen molar-refractivity contribution < 1.29 is 9.59 Å². The average molecular weight is 279 g/mol. The zero-order valence-electron chi connectivity index (χ0n) is 10.3. The third-order valence-electron chi connectivity index (χ3n) is 2.22. The number of nitrogens with one attached hydrogen (secondary N) is 2. The van der Waals surface area contributed by atoms with Crippen LogP contribution in [0.3, 0.4) is 0 Å². The predicted molar refractivity (Wildman–Crippen MR) is 73.2 cm³/mol. The molecule has 0 aliphatic carbocycles. The lowest BCUT2D eigenvalue weighted by molar-refractivity contribution is -0.115. The number of carbonyl (C=O) groups excluding carboxylic acids is 2. The minimum Gasteiger partial charge on any atom is -0.308 e. The number of hydrogen-bond donors (Lipinski definition) is 2. The van der Waals surface area contributed by atoms with Crippen molar-refractivity contribution in [1.82, 2.24) is 9.97 Å². The molecule has 98 valence electrons. The first-order valence-electron chi connectivity index (χ1n) is 5.48. The molecule has 0 saturated heterocycles. The lowest BCUT2D eigenvalue weighted by Crippen LogP contribution is -2.15. The van der Waals surface area contributed by atoms with Gasteiger partial charge in [-0.3, -0.25) is 9.59 Å². The summed E-state index contributed by atoms with van der Waals surface area (Å²) in [5.74, 6) is -0.202. The van der Waals surface area contributed by atoms with Gasteiger partial charge in [-0.05, 0) is 18.2 Å². The van der Waals surface area contributed by atoms with Crippen molar-refractivity contribution in [3.63, 3.8) is 0 Å². The van der Waals surface area contributed by atoms with Crippen molar-refractivity contribution >= 4 is 46.1 Å². The summed E-state index contributed by atoms with van der Waals surface area (Å²) in [5.41, 5.74) is 1.10. The molecule has 1 aromatic carbocycles. The number of carbonyl (C=O) groups is 2. The summed E-state index contributed by atoms with van der Waals surface area (Å²) in [5, 5.41) is 5.56. The van der Waals surface area contributed by atoms with Crippen LogP contribution < -0.4 is 10.6 Å². The maximum Gasteiger partial charge on any atom is 0.222 e. The van der Waals surface area contributed by atoms with Gasteiger partial charge in [0.25, 0.3) is 0 Å². The molecule has 0 radical (unpaired) electrons. The SMILES string of the molecule is CC(=O)Nc1nc2ccc(Cl)cc2nc1NC(C)=O. The maximum absolute atomic E-state index is 11.1. The van der Waals surface area contributed by atoms with Gasteiger partial charge in [-0.15, -0.1) is 0 Å². The number of fused-ring (bicyclic) bond motifs is 1. The quantitative estimate of drug-likeness (QED) is 0.882. The van der Waals surface area contributed by atoms with E-state index < -0.39 is 0 Å². The predicted octanol–water partition coefficient (Wildman–Crippen LogP) is 2.20. The minimum atomic E-state index is -0.303. The van der Waals surface area contributed by atoms with E-state index in [1.807, 2.05) is 0 Å². The van der Waals surface area contributed by atoms with Gasteiger partial charge >= 0.3 is 0 Å². The van der Waals surface area contributed by atoms with Crippen LogP contribution in [0.2, 0.25) is 5.02 Å². The van der Waals surface area contributed by atoms with E-state index in [0.717, 1.165) is 0 Å². The van der Waals surface area contributed by atoms with E-state index in [0.29, 0.717) is 16.1 Å². The molecule has 2 amide bonds. The molecular weight excluding hydrogens is 268 g/mol. The van der Waals surface area contributed by atoms with E-state index in [1.165, 1.54) is 13.8 Å². The van der Waals surface area contributed by atoms with E-state index in [-0.39, 0.29) is 23.5 Å². The van der Waals surface area contributed by atoms with Gasteiger partial charge in [-0.2, -0.15) is 0 Å². The first-order valence-corrected chi connectivity index (χ1v) is 5.86. The van der Waals surface area contributed by atoms with Crippen molar-refractivity contribution in [2.75, 3.05) is 10.6 Å². The van der Waals surface area contributed by atoms with Gasteiger partial charge in [0.05, 0.1) is 11.0 Å². The maximum atomic E-state index is 11.1. The van der Waals surface area contributed by atoms with Crippen LogP contribution in [-0.2, 0) is 9.59 Å². The van der Waals surface area contributed by atoms with Crippen LogP contribution in [-0.4, -0.2) is 21.8 Å². The van der Waals surface area contributed by atoms with Gasteiger partial charge in [-0.25, -0.2) is 9.97 Å². The Hall–Kier alpha value is -2.21. The van der Waals surface area contributed by atoms with Crippen LogP contribution in [0.1, 0.15) is 13.8 Å². The Morgan fingerprint density at radius 1 is 1.00 bits per heavy atom. The Labute approximate surface area is 114 Å². The Bertz CT molecular complexity index is 672. The van der Waals surface area contributed by atoms with Crippen LogP contribution in [0.25, 0.3) is 11.0 Å². The highest BCUT2D eigenvalue weighted by Crippen LogP contribution is 2.23. The zero-order valence-corrected chi connectivity index (χ0v) is 11.1. The second-order valence-electron chi connectivity index (χ2n) is 3.92. The molecule has 2 rings (SSSR count). The Morgan fingerprint density at radius 2 is 1.53 bits per heavy atom. The van der Waals surface area contributed by atoms with Gasteiger partial charge in [0.1, 0.15) is 0 Å². The molecule has 0 fully saturated rings. The molecule has 2 aromatic rings. The molecular formula is C12H11ClN4O2. The second kappa shape index (κ2) is 5.19. The van der Waals surface area contributed by atoms with Crippen molar-refractivity contribution in [1.29, 1.82) is 0 Å². The smallest absolute Gasteiger partial charge is 0.222 e. The number of anilines is 2. The highest BCUT2D eigenvalue weighted by atomic mass is 35.5. The fourth-order valence-electron chi connectivity index (χ4n) is 1.54. The molecule has 7 heteroatoms.